The predicted molar refractivity (Wildman–Crippen MR) is 75.8 cm³/mol. The molecule has 0 aliphatic carbocycles. The molecule has 0 spiro atoms. The number of benzene rings is 1. The van der Waals surface area contributed by atoms with Gasteiger partial charge in [0.05, 0.1) is 0 Å². The number of hydrogen-bond donors (Lipinski definition) is 1. The van der Waals surface area contributed by atoms with Crippen molar-refractivity contribution in [2.24, 2.45) is 5.92 Å². The molecule has 1 unspecified atom stereocenters. The van der Waals surface area contributed by atoms with Crippen LogP contribution in [0.15, 0.2) is 24.3 Å². The largest absolute Gasteiger partial charge is 0.316 e. The second kappa shape index (κ2) is 5.45. The van der Waals surface area contributed by atoms with E-state index in [0.29, 0.717) is 0 Å². The third-order valence-electron chi connectivity index (χ3n) is 4.04. The third-order valence-corrected chi connectivity index (χ3v) is 5.32. The van der Waals surface area contributed by atoms with Gasteiger partial charge in [-0.2, -0.15) is 11.8 Å². The van der Waals surface area contributed by atoms with Gasteiger partial charge in [0, 0.05) is 17.4 Å². The molecule has 2 fully saturated rings. The Morgan fingerprint density at radius 2 is 2.12 bits per heavy atom. The summed E-state index contributed by atoms with van der Waals surface area (Å²) in [5, 5.41) is 3.53. The molecule has 2 aliphatic heterocycles. The molecule has 1 atom stereocenters. The van der Waals surface area contributed by atoms with Crippen LogP contribution in [0.1, 0.15) is 29.9 Å². The molecular weight excluding hydrogens is 226 g/mol. The van der Waals surface area contributed by atoms with Gasteiger partial charge >= 0.3 is 0 Å². The number of rotatable bonds is 3. The fraction of sp³-hybridized carbons (Fsp3) is 0.600. The van der Waals surface area contributed by atoms with Gasteiger partial charge in [0.25, 0.3) is 0 Å². The molecule has 1 aromatic rings. The average Bonchev–Trinajstić information content (AvgIpc) is 2.31. The van der Waals surface area contributed by atoms with E-state index in [1.165, 1.54) is 43.9 Å². The van der Waals surface area contributed by atoms with Gasteiger partial charge in [-0.1, -0.05) is 24.3 Å². The van der Waals surface area contributed by atoms with Crippen LogP contribution >= 0.6 is 11.8 Å². The average molecular weight is 247 g/mol. The van der Waals surface area contributed by atoms with Crippen LogP contribution in [0.2, 0.25) is 0 Å². The molecule has 0 radical (unpaired) electrons. The second-order valence-electron chi connectivity index (χ2n) is 5.35. The van der Waals surface area contributed by atoms with Crippen molar-refractivity contribution in [2.75, 3.05) is 24.6 Å². The van der Waals surface area contributed by atoms with Crippen LogP contribution in [0.25, 0.3) is 0 Å². The molecule has 3 rings (SSSR count). The second-order valence-corrected chi connectivity index (χ2v) is 6.42. The van der Waals surface area contributed by atoms with Crippen molar-refractivity contribution in [3.63, 3.8) is 0 Å². The van der Waals surface area contributed by atoms with E-state index >= 15 is 0 Å². The van der Waals surface area contributed by atoms with Crippen molar-refractivity contribution in [1.29, 1.82) is 0 Å². The molecule has 1 aromatic carbocycles. The van der Waals surface area contributed by atoms with E-state index in [1.807, 2.05) is 0 Å². The first-order valence-electron chi connectivity index (χ1n) is 6.80. The van der Waals surface area contributed by atoms with Crippen LogP contribution in [-0.4, -0.2) is 24.6 Å². The molecule has 2 aliphatic rings. The van der Waals surface area contributed by atoms with E-state index < -0.39 is 0 Å². The molecular formula is C15H21NS. The first-order valence-corrected chi connectivity index (χ1v) is 7.95. The van der Waals surface area contributed by atoms with Crippen molar-refractivity contribution in [1.82, 2.24) is 5.32 Å². The quantitative estimate of drug-likeness (QED) is 0.881. The zero-order valence-corrected chi connectivity index (χ0v) is 11.1. The molecule has 92 valence electrons. The summed E-state index contributed by atoms with van der Waals surface area (Å²) in [5.74, 6) is 4.37. The van der Waals surface area contributed by atoms with Crippen LogP contribution in [0.5, 0.6) is 0 Å². The monoisotopic (exact) mass is 247 g/mol. The van der Waals surface area contributed by atoms with Gasteiger partial charge in [-0.3, -0.25) is 0 Å². The molecule has 0 saturated carbocycles. The summed E-state index contributed by atoms with van der Waals surface area (Å²) >= 11 is 2.08. The predicted octanol–water partition coefficient (Wildman–Crippen LogP) is 3.06. The Bertz CT molecular complexity index is 367. The minimum Gasteiger partial charge on any atom is -0.316 e. The van der Waals surface area contributed by atoms with E-state index in [2.05, 4.69) is 41.3 Å². The zero-order valence-electron chi connectivity index (χ0n) is 10.3. The van der Waals surface area contributed by atoms with Crippen molar-refractivity contribution >= 4 is 11.8 Å². The van der Waals surface area contributed by atoms with Crippen LogP contribution in [0, 0.1) is 5.92 Å². The zero-order chi connectivity index (χ0) is 11.5. The summed E-state index contributed by atoms with van der Waals surface area (Å²) < 4.78 is 0. The van der Waals surface area contributed by atoms with Crippen molar-refractivity contribution in [3.05, 3.63) is 35.4 Å². The van der Waals surface area contributed by atoms with E-state index in [0.717, 1.165) is 11.8 Å². The summed E-state index contributed by atoms with van der Waals surface area (Å²) in [6.07, 6.45) is 4.04. The molecule has 2 saturated heterocycles. The Kier molecular flexibility index (Phi) is 3.72. The highest BCUT2D eigenvalue weighted by atomic mass is 32.2. The summed E-state index contributed by atoms with van der Waals surface area (Å²) in [4.78, 5) is 0. The van der Waals surface area contributed by atoms with Crippen LogP contribution in [-0.2, 0) is 6.42 Å². The molecule has 0 aromatic heterocycles. The molecule has 1 nitrogen and oxygen atoms in total. The standard InChI is InChI=1S/C15H21NS/c1-2-6-15(14-10-17-11-14)13(5-1)8-12-4-3-7-16-9-12/h1-2,5-6,12,14,16H,3-4,7-11H2. The van der Waals surface area contributed by atoms with E-state index in [9.17, 15) is 0 Å². The highest BCUT2D eigenvalue weighted by Crippen LogP contribution is 2.36. The summed E-state index contributed by atoms with van der Waals surface area (Å²) in [5.41, 5.74) is 3.25. The van der Waals surface area contributed by atoms with Crippen molar-refractivity contribution < 1.29 is 0 Å². The topological polar surface area (TPSA) is 12.0 Å². The van der Waals surface area contributed by atoms with Crippen LogP contribution in [0.3, 0.4) is 0 Å². The number of nitrogens with one attached hydrogen (secondary N) is 1. The van der Waals surface area contributed by atoms with Gasteiger partial charge < -0.3 is 5.32 Å². The maximum atomic E-state index is 3.53. The minimum absolute atomic E-state index is 0.841. The van der Waals surface area contributed by atoms with Gasteiger partial charge in [0.1, 0.15) is 0 Å². The van der Waals surface area contributed by atoms with Gasteiger partial charge in [-0.25, -0.2) is 0 Å². The maximum absolute atomic E-state index is 3.53. The van der Waals surface area contributed by atoms with Crippen LogP contribution in [0.4, 0.5) is 0 Å². The van der Waals surface area contributed by atoms with Gasteiger partial charge in [0.2, 0.25) is 0 Å². The van der Waals surface area contributed by atoms with Gasteiger partial charge in [-0.05, 0) is 49.4 Å². The molecule has 2 heterocycles. The number of hydrogen-bond acceptors (Lipinski definition) is 2. The fourth-order valence-electron chi connectivity index (χ4n) is 2.94. The van der Waals surface area contributed by atoms with Gasteiger partial charge in [0.15, 0.2) is 0 Å². The molecule has 0 bridgehead atoms. The Morgan fingerprint density at radius 1 is 1.24 bits per heavy atom. The highest BCUT2D eigenvalue weighted by Gasteiger charge is 2.23. The Morgan fingerprint density at radius 3 is 2.82 bits per heavy atom. The first-order chi connectivity index (χ1) is 8.43. The minimum atomic E-state index is 0.841. The first kappa shape index (κ1) is 11.6. The lowest BCUT2D eigenvalue weighted by Crippen LogP contribution is -2.31. The van der Waals surface area contributed by atoms with Crippen molar-refractivity contribution in [3.8, 4) is 0 Å². The highest BCUT2D eigenvalue weighted by molar-refractivity contribution is 8.00. The Hall–Kier alpha value is -0.470. The Labute approximate surface area is 108 Å². The van der Waals surface area contributed by atoms with E-state index in [1.54, 1.807) is 11.1 Å². The SMILES string of the molecule is c1ccc(C2CSC2)c(CC2CCCNC2)c1. The molecule has 17 heavy (non-hydrogen) atoms. The van der Waals surface area contributed by atoms with Gasteiger partial charge in [-0.15, -0.1) is 0 Å². The van der Waals surface area contributed by atoms with Crippen LogP contribution < -0.4 is 5.32 Å². The van der Waals surface area contributed by atoms with Crippen molar-refractivity contribution in [2.45, 2.75) is 25.2 Å². The maximum Gasteiger partial charge on any atom is 0.00225 e. The summed E-state index contributed by atoms with van der Waals surface area (Å²) in [6.45, 7) is 2.44. The van der Waals surface area contributed by atoms with E-state index in [-0.39, 0.29) is 0 Å². The lowest BCUT2D eigenvalue weighted by Gasteiger charge is -2.29. The normalized spacial score (nSPS) is 25.5. The summed E-state index contributed by atoms with van der Waals surface area (Å²) in [7, 11) is 0. The lowest BCUT2D eigenvalue weighted by molar-refractivity contribution is 0.375. The number of thioether (sulfide) groups is 1. The molecule has 1 N–H and O–H groups in total. The third kappa shape index (κ3) is 2.69. The molecule has 0 amide bonds. The fourth-order valence-corrected chi connectivity index (χ4v) is 3.77. The molecule has 2 heteroatoms. The number of piperidine rings is 1. The lowest BCUT2D eigenvalue weighted by atomic mass is 9.87. The smallest absolute Gasteiger partial charge is 0.00225 e. The van der Waals surface area contributed by atoms with E-state index in [4.69, 9.17) is 0 Å². The summed E-state index contributed by atoms with van der Waals surface area (Å²) in [6, 6.07) is 9.13. The Balaban J connectivity index is 1.72.